The molecule has 6 nitrogen and oxygen atoms in total. The van der Waals surface area contributed by atoms with Crippen molar-refractivity contribution in [1.29, 1.82) is 0 Å². The number of rotatable bonds is 8. The number of aromatic nitrogens is 4. The monoisotopic (exact) mass is 574 g/mol. The van der Waals surface area contributed by atoms with E-state index >= 15 is 0 Å². The number of nitrogens with zero attached hydrogens (tertiary/aromatic N) is 4. The van der Waals surface area contributed by atoms with E-state index in [1.165, 1.54) is 18.4 Å². The molecule has 0 radical (unpaired) electrons. The van der Waals surface area contributed by atoms with Gasteiger partial charge in [0.25, 0.3) is 0 Å². The van der Waals surface area contributed by atoms with Crippen molar-refractivity contribution in [3.63, 3.8) is 0 Å². The van der Waals surface area contributed by atoms with Crippen LogP contribution in [0.4, 0.5) is 0 Å². The molecule has 1 aliphatic rings. The van der Waals surface area contributed by atoms with Crippen LogP contribution in [-0.2, 0) is 16.1 Å². The Labute approximate surface area is 188 Å². The lowest BCUT2D eigenvalue weighted by atomic mass is 10.0. The average molecular weight is 575 g/mol. The minimum Gasteiger partial charge on any atom is -0.466 e. The molecule has 1 aliphatic carbocycles. The first kappa shape index (κ1) is 20.2. The van der Waals surface area contributed by atoms with Crippen LogP contribution in [0.2, 0.25) is 0 Å². The number of carbonyl (C=O) groups is 1. The fourth-order valence-corrected chi connectivity index (χ4v) is 4.94. The highest BCUT2D eigenvalue weighted by molar-refractivity contribution is 14.2. The number of esters is 1. The highest BCUT2D eigenvalue weighted by atomic mass is 127. The molecular formula is C19H20BrIN4O2S. The van der Waals surface area contributed by atoms with E-state index in [1.54, 1.807) is 9.12 Å². The molecule has 9 heteroatoms. The maximum atomic E-state index is 11.6. The molecule has 0 unspecified atom stereocenters. The van der Waals surface area contributed by atoms with E-state index in [0.717, 1.165) is 33.2 Å². The Hall–Kier alpha value is -1.07. The number of hydrogen-bond donors (Lipinski definition) is 0. The summed E-state index contributed by atoms with van der Waals surface area (Å²) in [5.74, 6) is 0.391. The van der Waals surface area contributed by atoms with Crippen LogP contribution < -0.4 is 0 Å². The third-order valence-electron chi connectivity index (χ3n) is 4.77. The molecule has 3 aromatic rings. The van der Waals surface area contributed by atoms with Gasteiger partial charge in [-0.1, -0.05) is 0 Å². The highest BCUT2D eigenvalue weighted by Crippen LogP contribution is 2.45. The van der Waals surface area contributed by atoms with Crippen LogP contribution in [0.15, 0.2) is 29.1 Å². The van der Waals surface area contributed by atoms with Gasteiger partial charge < -0.3 is 4.74 Å². The number of ether oxygens (including phenoxy) is 1. The van der Waals surface area contributed by atoms with Crippen molar-refractivity contribution in [3.05, 3.63) is 34.8 Å². The SMILES string of the molecule is CCOC(=O)CCCn1cc(-c2cn(SI)c3ncc(Br)cc23)c(C2CC2)n1. The second kappa shape index (κ2) is 8.74. The van der Waals surface area contributed by atoms with Gasteiger partial charge >= 0.3 is 5.97 Å². The Morgan fingerprint density at radius 1 is 1.39 bits per heavy atom. The molecule has 3 aromatic heterocycles. The minimum absolute atomic E-state index is 0.143. The van der Waals surface area contributed by atoms with Crippen molar-refractivity contribution < 1.29 is 9.53 Å². The van der Waals surface area contributed by atoms with Gasteiger partial charge in [-0.25, -0.2) is 4.98 Å². The molecule has 0 saturated heterocycles. The predicted molar refractivity (Wildman–Crippen MR) is 124 cm³/mol. The van der Waals surface area contributed by atoms with E-state index < -0.39 is 0 Å². The van der Waals surface area contributed by atoms with Crippen molar-refractivity contribution in [2.75, 3.05) is 6.61 Å². The Kier molecular flexibility index (Phi) is 6.31. The largest absolute Gasteiger partial charge is 0.466 e. The molecule has 0 atom stereocenters. The van der Waals surface area contributed by atoms with Gasteiger partial charge in [-0.15, -0.1) is 0 Å². The third kappa shape index (κ3) is 4.25. The number of pyridine rings is 1. The average Bonchev–Trinajstić information content (AvgIpc) is 3.34. The molecule has 0 aliphatic heterocycles. The van der Waals surface area contributed by atoms with Crippen LogP contribution in [0.25, 0.3) is 22.2 Å². The van der Waals surface area contributed by atoms with E-state index in [2.05, 4.69) is 64.6 Å². The topological polar surface area (TPSA) is 61.9 Å². The summed E-state index contributed by atoms with van der Waals surface area (Å²) in [7, 11) is 1.61. The van der Waals surface area contributed by atoms with Gasteiger partial charge in [0, 0.05) is 88.8 Å². The Morgan fingerprint density at radius 3 is 2.93 bits per heavy atom. The summed E-state index contributed by atoms with van der Waals surface area (Å²) in [4.78, 5) is 16.2. The molecule has 148 valence electrons. The molecule has 4 rings (SSSR count). The van der Waals surface area contributed by atoms with Crippen LogP contribution >= 0.6 is 46.3 Å². The summed E-state index contributed by atoms with van der Waals surface area (Å²) in [6.07, 6.45) is 9.62. The van der Waals surface area contributed by atoms with Crippen LogP contribution in [0.3, 0.4) is 0 Å². The van der Waals surface area contributed by atoms with Gasteiger partial charge in [-0.2, -0.15) is 5.10 Å². The van der Waals surface area contributed by atoms with Gasteiger partial charge in [0.2, 0.25) is 0 Å². The van der Waals surface area contributed by atoms with E-state index in [9.17, 15) is 4.79 Å². The van der Waals surface area contributed by atoms with Gasteiger partial charge in [-0.05, 0) is 48.2 Å². The van der Waals surface area contributed by atoms with Crippen LogP contribution in [-0.4, -0.2) is 31.3 Å². The summed E-state index contributed by atoms with van der Waals surface area (Å²) in [6.45, 7) is 2.97. The van der Waals surface area contributed by atoms with E-state index in [-0.39, 0.29) is 5.97 Å². The number of fused-ring (bicyclic) bond motifs is 1. The maximum Gasteiger partial charge on any atom is 0.305 e. The number of aryl methyl sites for hydroxylation is 1. The van der Waals surface area contributed by atoms with E-state index in [0.29, 0.717) is 25.5 Å². The smallest absolute Gasteiger partial charge is 0.305 e. The van der Waals surface area contributed by atoms with Gasteiger partial charge in [0.05, 0.1) is 12.3 Å². The molecule has 0 N–H and O–H groups in total. The second-order valence-corrected chi connectivity index (χ2v) is 9.47. The van der Waals surface area contributed by atoms with Crippen LogP contribution in [0.5, 0.6) is 0 Å². The van der Waals surface area contributed by atoms with Gasteiger partial charge in [0.15, 0.2) is 5.65 Å². The van der Waals surface area contributed by atoms with Crippen LogP contribution in [0.1, 0.15) is 44.2 Å². The summed E-state index contributed by atoms with van der Waals surface area (Å²) >= 11 is 5.83. The Bertz CT molecular complexity index is 1010. The van der Waals surface area contributed by atoms with Crippen LogP contribution in [0, 0.1) is 0 Å². The number of hydrogen-bond acceptors (Lipinski definition) is 5. The fraction of sp³-hybridized carbons (Fsp3) is 0.421. The summed E-state index contributed by atoms with van der Waals surface area (Å²) in [6, 6.07) is 2.12. The predicted octanol–water partition coefficient (Wildman–Crippen LogP) is 5.73. The zero-order valence-corrected chi connectivity index (χ0v) is 20.0. The summed E-state index contributed by atoms with van der Waals surface area (Å²) < 4.78 is 10.0. The molecule has 3 heterocycles. The van der Waals surface area contributed by atoms with Crippen molar-refractivity contribution in [2.45, 2.75) is 45.1 Å². The maximum absolute atomic E-state index is 11.6. The molecule has 28 heavy (non-hydrogen) atoms. The fourth-order valence-electron chi connectivity index (χ4n) is 3.36. The first-order chi connectivity index (χ1) is 13.6. The summed E-state index contributed by atoms with van der Waals surface area (Å²) in [5, 5.41) is 5.99. The summed E-state index contributed by atoms with van der Waals surface area (Å²) in [5.41, 5.74) is 4.45. The Balaban J connectivity index is 1.66. The molecule has 0 bridgehead atoms. The Morgan fingerprint density at radius 2 is 2.21 bits per heavy atom. The normalized spacial score (nSPS) is 14.0. The lowest BCUT2D eigenvalue weighted by molar-refractivity contribution is -0.143. The highest BCUT2D eigenvalue weighted by Gasteiger charge is 2.31. The first-order valence-corrected chi connectivity index (χ1v) is 13.4. The molecule has 1 fully saturated rings. The lowest BCUT2D eigenvalue weighted by Crippen LogP contribution is -2.06. The van der Waals surface area contributed by atoms with Gasteiger partial charge in [-0.3, -0.25) is 13.4 Å². The van der Waals surface area contributed by atoms with Crippen molar-refractivity contribution in [2.24, 2.45) is 0 Å². The van der Waals surface area contributed by atoms with E-state index in [1.807, 2.05) is 17.8 Å². The molecule has 0 amide bonds. The van der Waals surface area contributed by atoms with Gasteiger partial charge in [0.1, 0.15) is 0 Å². The lowest BCUT2D eigenvalue weighted by Gasteiger charge is -2.02. The molecule has 1 saturated carbocycles. The van der Waals surface area contributed by atoms with E-state index in [4.69, 9.17) is 9.84 Å². The number of halogens is 2. The molecule has 0 spiro atoms. The second-order valence-electron chi connectivity index (χ2n) is 6.84. The van der Waals surface area contributed by atoms with Crippen molar-refractivity contribution >= 4 is 63.3 Å². The van der Waals surface area contributed by atoms with Crippen molar-refractivity contribution in [1.82, 2.24) is 18.7 Å². The minimum atomic E-state index is -0.143. The third-order valence-corrected chi connectivity index (χ3v) is 6.90. The standard InChI is InChI=1S/C19H20BrIN4O2S/c1-2-27-17(26)4-3-7-24-10-16(18(23-24)12-5-6-12)15-11-25(28-21)19-14(15)8-13(20)9-22-19/h8-12H,2-7H2,1H3. The molecule has 0 aromatic carbocycles. The zero-order valence-electron chi connectivity index (χ0n) is 15.4. The number of carbonyl (C=O) groups excluding carboxylic acids is 1. The van der Waals surface area contributed by atoms with Crippen molar-refractivity contribution in [3.8, 4) is 11.1 Å². The first-order valence-electron chi connectivity index (χ1n) is 9.29. The quantitative estimate of drug-likeness (QED) is 0.254. The molecular weight excluding hydrogens is 555 g/mol. The zero-order chi connectivity index (χ0) is 19.7.